The van der Waals surface area contributed by atoms with Crippen molar-refractivity contribution in [3.05, 3.63) is 149 Å². The Labute approximate surface area is 258 Å². The van der Waals surface area contributed by atoms with Crippen molar-refractivity contribution in [1.29, 1.82) is 0 Å². The fourth-order valence-corrected chi connectivity index (χ4v) is 6.98. The molecule has 0 aliphatic rings. The van der Waals surface area contributed by atoms with E-state index in [4.69, 9.17) is 11.6 Å². The molecule has 1 nitrogen and oxygen atoms in total. The molecule has 5 aromatic rings. The zero-order valence-electron chi connectivity index (χ0n) is 21.8. The molecule has 43 heavy (non-hydrogen) atoms. The van der Waals surface area contributed by atoms with Gasteiger partial charge in [-0.3, -0.25) is 4.79 Å². The second-order valence-electron chi connectivity index (χ2n) is 8.95. The minimum absolute atomic E-state index is 0.188. The van der Waals surface area contributed by atoms with E-state index in [1.807, 2.05) is 18.2 Å². The topological polar surface area (TPSA) is 17.1 Å². The molecule has 0 amide bonds. The van der Waals surface area contributed by atoms with Gasteiger partial charge in [-0.1, -0.05) is 59.8 Å². The first-order valence-corrected chi connectivity index (χ1v) is 20.5. The summed E-state index contributed by atoms with van der Waals surface area (Å²) in [6.07, 6.45) is 0. The molecule has 0 saturated heterocycles. The van der Waals surface area contributed by atoms with Crippen molar-refractivity contribution >= 4 is 59.5 Å². The van der Waals surface area contributed by atoms with Crippen LogP contribution in [0.25, 0.3) is 0 Å². The molecular formula is C31H21ClF7OS2Sb. The van der Waals surface area contributed by atoms with Crippen LogP contribution in [0.1, 0.15) is 15.9 Å². The molecule has 0 aliphatic heterocycles. The van der Waals surface area contributed by atoms with Crippen molar-refractivity contribution in [3.63, 3.8) is 0 Å². The van der Waals surface area contributed by atoms with Crippen molar-refractivity contribution in [3.8, 4) is 0 Å². The Morgan fingerprint density at radius 2 is 1.05 bits per heavy atom. The van der Waals surface area contributed by atoms with Crippen LogP contribution in [0.15, 0.2) is 152 Å². The average molecular weight is 764 g/mol. The predicted octanol–water partition coefficient (Wildman–Crippen LogP) is 11.1. The van der Waals surface area contributed by atoms with Gasteiger partial charge in [0.1, 0.15) is 5.82 Å². The number of rotatable bonds is 7. The van der Waals surface area contributed by atoms with Gasteiger partial charge in [-0.2, -0.15) is 0 Å². The Morgan fingerprint density at radius 3 is 1.51 bits per heavy atom. The number of hydrogen-bond acceptors (Lipinski definition) is 2. The molecule has 12 heteroatoms. The van der Waals surface area contributed by atoms with Crippen molar-refractivity contribution in [2.75, 3.05) is 0 Å². The Bertz CT molecular complexity index is 1650. The van der Waals surface area contributed by atoms with E-state index in [2.05, 4.69) is 72.8 Å². The number of halogens is 8. The standard InChI is InChI=1S/C31H21ClFOS2.6FH.Sb/c32-29-21-23(31(34)22-11-14-24(33)15-12-22)13-20-30(29)35-25-16-18-28(19-17-25)36(26-7-3-1-4-8-26)27-9-5-2-6-10-27;;;;;;;/h1-21H;6*1H;/q+1;;;;;;;+5/p-6. The van der Waals surface area contributed by atoms with Crippen molar-refractivity contribution < 1.29 is 26.1 Å². The van der Waals surface area contributed by atoms with Crippen LogP contribution in [0.3, 0.4) is 0 Å². The average Bonchev–Trinajstić information content (AvgIpc) is 2.95. The zero-order valence-corrected chi connectivity index (χ0v) is 26.8. The second-order valence-corrected chi connectivity index (χ2v) is 18.0. The monoisotopic (exact) mass is 762 g/mol. The molecule has 5 aromatic carbocycles. The van der Waals surface area contributed by atoms with Crippen LogP contribution in [0, 0.1) is 5.82 Å². The third-order valence-corrected chi connectivity index (χ3v) is 9.28. The van der Waals surface area contributed by atoms with Gasteiger partial charge >= 0.3 is 36.4 Å². The normalized spacial score (nSPS) is 13.0. The Morgan fingerprint density at radius 1 is 0.605 bits per heavy atom. The van der Waals surface area contributed by atoms with Crippen LogP contribution < -0.4 is 0 Å². The summed E-state index contributed by atoms with van der Waals surface area (Å²) in [6.45, 7) is 0. The molecule has 0 aliphatic carbocycles. The SMILES string of the molecule is O=C(c1ccc(F)cc1)c1ccc(Sc2ccc([S+](c3ccccc3)c3ccccc3)cc2)c(Cl)c1.[F][Sb-]([F])([F])([F])([F])[F]. The van der Waals surface area contributed by atoms with Gasteiger partial charge in [-0.05, 0) is 91.0 Å². The second kappa shape index (κ2) is 12.6. The fourth-order valence-electron chi connectivity index (χ4n) is 3.78. The van der Waals surface area contributed by atoms with E-state index in [0.29, 0.717) is 16.1 Å². The Kier molecular flexibility index (Phi) is 9.67. The van der Waals surface area contributed by atoms with Gasteiger partial charge in [0.05, 0.1) is 15.9 Å². The van der Waals surface area contributed by atoms with Crippen molar-refractivity contribution in [1.82, 2.24) is 0 Å². The van der Waals surface area contributed by atoms with Crippen molar-refractivity contribution in [2.45, 2.75) is 24.5 Å². The fraction of sp³-hybridized carbons (Fsp3) is 0. The molecule has 0 heterocycles. The quantitative estimate of drug-likeness (QED) is 0.0711. The van der Waals surface area contributed by atoms with E-state index in [1.54, 1.807) is 23.9 Å². The van der Waals surface area contributed by atoms with E-state index < -0.39 is 19.5 Å². The number of benzene rings is 5. The number of carbonyl (C=O) groups excluding carboxylic acids is 1. The van der Waals surface area contributed by atoms with Gasteiger partial charge in [0.25, 0.3) is 0 Å². The van der Waals surface area contributed by atoms with Crippen molar-refractivity contribution in [2.24, 2.45) is 0 Å². The summed E-state index contributed by atoms with van der Waals surface area (Å²) in [4.78, 5) is 18.4. The van der Waals surface area contributed by atoms with Gasteiger partial charge in [0.2, 0.25) is 0 Å². The van der Waals surface area contributed by atoms with E-state index in [0.717, 1.165) is 9.79 Å². The van der Waals surface area contributed by atoms with Crippen LogP contribution in [0.5, 0.6) is 0 Å². The van der Waals surface area contributed by atoms with Crippen LogP contribution >= 0.6 is 23.4 Å². The first-order chi connectivity index (χ1) is 20.0. The third kappa shape index (κ3) is 10.9. The summed E-state index contributed by atoms with van der Waals surface area (Å²) in [5, 5.41) is 0.505. The van der Waals surface area contributed by atoms with E-state index in [9.17, 15) is 26.1 Å². The third-order valence-electron chi connectivity index (χ3n) is 5.55. The van der Waals surface area contributed by atoms with Gasteiger partial charge in [0.15, 0.2) is 20.5 Å². The van der Waals surface area contributed by atoms with Gasteiger partial charge in [0, 0.05) is 20.9 Å². The number of carbonyl (C=O) groups is 1. The molecule has 224 valence electrons. The Hall–Kier alpha value is -2.91. The van der Waals surface area contributed by atoms with Gasteiger partial charge in [-0.25, -0.2) is 4.39 Å². The van der Waals surface area contributed by atoms with Gasteiger partial charge in [-0.15, -0.1) is 0 Å². The number of hydrogen-bond donors (Lipinski definition) is 0. The number of ketones is 1. The molecule has 0 unspecified atom stereocenters. The first-order valence-electron chi connectivity index (χ1n) is 12.3. The van der Waals surface area contributed by atoms with Crippen LogP contribution in [-0.4, -0.2) is 25.3 Å². The summed E-state index contributed by atoms with van der Waals surface area (Å²) >= 11 is -3.15. The minimum atomic E-state index is -11.2. The summed E-state index contributed by atoms with van der Waals surface area (Å²) in [6, 6.07) is 40.5. The molecule has 0 atom stereocenters. The summed E-state index contributed by atoms with van der Waals surface area (Å²) < 4.78 is 72.7. The molecule has 5 rings (SSSR count). The molecule has 0 radical (unpaired) electrons. The van der Waals surface area contributed by atoms with Crippen LogP contribution in [0.4, 0.5) is 21.3 Å². The van der Waals surface area contributed by atoms with Crippen LogP contribution in [0.2, 0.25) is 5.02 Å². The van der Waals surface area contributed by atoms with E-state index in [-0.39, 0.29) is 22.5 Å². The summed E-state index contributed by atoms with van der Waals surface area (Å²) in [5.41, 5.74) is 0.900. The molecular weight excluding hydrogens is 743 g/mol. The Balaban J connectivity index is 0.000000541. The molecule has 0 aromatic heterocycles. The molecule has 0 fully saturated rings. The van der Waals surface area contributed by atoms with Gasteiger partial charge < -0.3 is 0 Å². The van der Waals surface area contributed by atoms with E-state index in [1.165, 1.54) is 39.0 Å². The predicted molar refractivity (Wildman–Crippen MR) is 159 cm³/mol. The molecule has 0 spiro atoms. The molecule has 0 N–H and O–H groups in total. The maximum atomic E-state index is 13.2. The maximum absolute atomic E-state index is 13.2. The van der Waals surface area contributed by atoms with E-state index >= 15 is 0 Å². The molecule has 0 saturated carbocycles. The first kappa shape index (κ1) is 33.0. The summed E-state index contributed by atoms with van der Waals surface area (Å²) in [5.74, 6) is -0.562. The van der Waals surface area contributed by atoms with Crippen LogP contribution in [-0.2, 0) is 10.9 Å². The summed E-state index contributed by atoms with van der Waals surface area (Å²) in [7, 11) is -0.198. The molecule has 0 bridgehead atoms. The zero-order chi connectivity index (χ0) is 31.3.